The maximum Gasteiger partial charge on any atom is 0.380 e. The number of rotatable bonds is 4. The second-order valence-electron chi connectivity index (χ2n) is 5.23. The molecule has 1 aromatic rings. The highest BCUT2D eigenvalue weighted by Gasteiger charge is 2.41. The van der Waals surface area contributed by atoms with Crippen molar-refractivity contribution in [2.24, 2.45) is 16.0 Å². The van der Waals surface area contributed by atoms with Gasteiger partial charge in [0.05, 0.1) is 17.7 Å². The molecule has 1 aliphatic rings. The number of para-hydroxylation sites is 1. The fourth-order valence-corrected chi connectivity index (χ4v) is 2.38. The molecule has 1 aromatic carbocycles. The summed E-state index contributed by atoms with van der Waals surface area (Å²) in [6.45, 7) is 3.63. The number of hydrogen-bond donors (Lipinski definition) is 1. The Hall–Kier alpha value is -2.26. The van der Waals surface area contributed by atoms with Gasteiger partial charge in [-0.1, -0.05) is 23.4 Å². The number of nitrogens with zero attached hydrogens (tertiary/aromatic N) is 2. The lowest BCUT2D eigenvalue weighted by atomic mass is 9.80. The van der Waals surface area contributed by atoms with Gasteiger partial charge in [-0.05, 0) is 25.5 Å². The molecule has 8 nitrogen and oxygen atoms in total. The van der Waals surface area contributed by atoms with Crippen molar-refractivity contribution in [3.05, 3.63) is 29.8 Å². The summed E-state index contributed by atoms with van der Waals surface area (Å²) in [7, 11) is -3.89. The standard InChI is InChI=1S/C13H15N3O5S/c1-13(2)8-6-4-5-7-9(8)15-11(13)10(12(17)20-14)16-21-22(3,18)19/h4-7H,14H2,1-3H3/b16-10-. The van der Waals surface area contributed by atoms with Gasteiger partial charge in [0.1, 0.15) is 0 Å². The van der Waals surface area contributed by atoms with E-state index in [1.54, 1.807) is 12.1 Å². The van der Waals surface area contributed by atoms with Gasteiger partial charge >= 0.3 is 16.1 Å². The first-order valence-corrected chi connectivity index (χ1v) is 8.05. The van der Waals surface area contributed by atoms with Gasteiger partial charge in [0.25, 0.3) is 0 Å². The van der Waals surface area contributed by atoms with Crippen LogP contribution >= 0.6 is 0 Å². The van der Waals surface area contributed by atoms with E-state index in [9.17, 15) is 13.2 Å². The average Bonchev–Trinajstić information content (AvgIpc) is 2.70. The SMILES string of the molecule is CC1(C)C(/C(=N/OS(C)(=O)=O)C(=O)ON)=Nc2ccccc21. The van der Waals surface area contributed by atoms with Gasteiger partial charge in [0.2, 0.25) is 5.71 Å². The number of carbonyl (C=O) groups is 1. The molecule has 2 N–H and O–H groups in total. The molecule has 2 rings (SSSR count). The second-order valence-corrected chi connectivity index (χ2v) is 6.78. The Bertz CT molecular complexity index is 781. The fraction of sp³-hybridized carbons (Fsp3) is 0.308. The van der Waals surface area contributed by atoms with E-state index in [4.69, 9.17) is 5.90 Å². The molecular formula is C13H15N3O5S. The Balaban J connectivity index is 2.53. The van der Waals surface area contributed by atoms with Crippen molar-refractivity contribution in [1.29, 1.82) is 0 Å². The van der Waals surface area contributed by atoms with Crippen molar-refractivity contribution >= 4 is 33.2 Å². The quantitative estimate of drug-likeness (QED) is 0.645. The summed E-state index contributed by atoms with van der Waals surface area (Å²) in [6.07, 6.45) is 0.804. The summed E-state index contributed by atoms with van der Waals surface area (Å²) in [4.78, 5) is 20.3. The van der Waals surface area contributed by atoms with Crippen LogP contribution in [-0.4, -0.2) is 32.1 Å². The lowest BCUT2D eigenvalue weighted by Crippen LogP contribution is -2.38. The van der Waals surface area contributed by atoms with Crippen molar-refractivity contribution in [3.8, 4) is 0 Å². The van der Waals surface area contributed by atoms with E-state index in [-0.39, 0.29) is 5.71 Å². The number of aliphatic imine (C=N–C) groups is 1. The highest BCUT2D eigenvalue weighted by molar-refractivity contribution is 7.85. The molecule has 0 fully saturated rings. The van der Waals surface area contributed by atoms with E-state index in [0.29, 0.717) is 5.69 Å². The third-order valence-electron chi connectivity index (χ3n) is 3.19. The van der Waals surface area contributed by atoms with Gasteiger partial charge in [-0.2, -0.15) is 14.3 Å². The van der Waals surface area contributed by atoms with E-state index >= 15 is 0 Å². The lowest BCUT2D eigenvalue weighted by Gasteiger charge is -2.21. The molecule has 0 radical (unpaired) electrons. The minimum atomic E-state index is -3.89. The molecule has 0 aromatic heterocycles. The van der Waals surface area contributed by atoms with Gasteiger partial charge in [-0.25, -0.2) is 9.79 Å². The molecule has 1 heterocycles. The molecule has 0 saturated carbocycles. The smallest absolute Gasteiger partial charge is 0.368 e. The highest BCUT2D eigenvalue weighted by atomic mass is 32.2. The van der Waals surface area contributed by atoms with Crippen molar-refractivity contribution in [2.45, 2.75) is 19.3 Å². The molecule has 1 aliphatic heterocycles. The van der Waals surface area contributed by atoms with E-state index < -0.39 is 27.2 Å². The Labute approximate surface area is 127 Å². The number of carbonyl (C=O) groups excluding carboxylic acids is 1. The molecule has 0 bridgehead atoms. The van der Waals surface area contributed by atoms with Crippen LogP contribution in [0.4, 0.5) is 5.69 Å². The van der Waals surface area contributed by atoms with Crippen LogP contribution in [0.5, 0.6) is 0 Å². The Morgan fingerprint density at radius 3 is 2.50 bits per heavy atom. The molecular weight excluding hydrogens is 310 g/mol. The van der Waals surface area contributed by atoms with Crippen molar-refractivity contribution in [3.63, 3.8) is 0 Å². The van der Waals surface area contributed by atoms with Gasteiger partial charge in [-0.15, -0.1) is 0 Å². The third kappa shape index (κ3) is 3.00. The summed E-state index contributed by atoms with van der Waals surface area (Å²) in [5, 5.41) is 3.37. The molecule has 0 spiro atoms. The summed E-state index contributed by atoms with van der Waals surface area (Å²) >= 11 is 0. The predicted octanol–water partition coefficient (Wildman–Crippen LogP) is 0.799. The molecule has 0 unspecified atom stereocenters. The van der Waals surface area contributed by atoms with E-state index in [1.807, 2.05) is 26.0 Å². The van der Waals surface area contributed by atoms with Crippen molar-refractivity contribution in [2.75, 3.05) is 6.26 Å². The summed E-state index contributed by atoms with van der Waals surface area (Å²) in [6, 6.07) is 7.26. The largest absolute Gasteiger partial charge is 0.380 e. The van der Waals surface area contributed by atoms with Gasteiger partial charge in [0, 0.05) is 5.41 Å². The highest BCUT2D eigenvalue weighted by Crippen LogP contribution is 2.40. The van der Waals surface area contributed by atoms with Crippen LogP contribution in [0.15, 0.2) is 34.4 Å². The number of nitrogens with two attached hydrogens (primary N) is 1. The van der Waals surface area contributed by atoms with Crippen LogP contribution in [0, 0.1) is 0 Å². The zero-order chi connectivity index (χ0) is 16.5. The van der Waals surface area contributed by atoms with Crippen LogP contribution in [-0.2, 0) is 29.4 Å². The normalized spacial score (nSPS) is 16.7. The molecule has 0 aliphatic carbocycles. The Kier molecular flexibility index (Phi) is 4.03. The summed E-state index contributed by atoms with van der Waals surface area (Å²) in [5.74, 6) is 3.84. The second kappa shape index (κ2) is 5.50. The monoisotopic (exact) mass is 325 g/mol. The average molecular weight is 325 g/mol. The van der Waals surface area contributed by atoms with Crippen molar-refractivity contribution in [1.82, 2.24) is 0 Å². The van der Waals surface area contributed by atoms with Crippen LogP contribution in [0.1, 0.15) is 19.4 Å². The number of oxime groups is 1. The number of benzene rings is 1. The maximum absolute atomic E-state index is 11.8. The summed E-state index contributed by atoms with van der Waals surface area (Å²) in [5.41, 5.74) is 0.646. The van der Waals surface area contributed by atoms with Gasteiger partial charge in [0.15, 0.2) is 0 Å². The van der Waals surface area contributed by atoms with E-state index in [2.05, 4.69) is 19.3 Å². The molecule has 118 valence electrons. The zero-order valence-corrected chi connectivity index (χ0v) is 13.0. The molecule has 9 heteroatoms. The Morgan fingerprint density at radius 1 is 1.32 bits per heavy atom. The molecule has 0 atom stereocenters. The minimum Gasteiger partial charge on any atom is -0.368 e. The number of hydrogen-bond acceptors (Lipinski definition) is 8. The van der Waals surface area contributed by atoms with Crippen LogP contribution in [0.2, 0.25) is 0 Å². The molecule has 0 saturated heterocycles. The van der Waals surface area contributed by atoms with Crippen LogP contribution in [0.3, 0.4) is 0 Å². The van der Waals surface area contributed by atoms with Gasteiger partial charge in [-0.3, -0.25) is 4.28 Å². The van der Waals surface area contributed by atoms with E-state index in [0.717, 1.165) is 11.8 Å². The van der Waals surface area contributed by atoms with Gasteiger partial charge < -0.3 is 4.84 Å². The lowest BCUT2D eigenvalue weighted by molar-refractivity contribution is -0.135. The van der Waals surface area contributed by atoms with E-state index in [1.165, 1.54) is 0 Å². The minimum absolute atomic E-state index is 0.216. The van der Waals surface area contributed by atoms with Crippen molar-refractivity contribution < 1.29 is 22.3 Å². The Morgan fingerprint density at radius 2 is 1.95 bits per heavy atom. The first-order valence-electron chi connectivity index (χ1n) is 6.23. The fourth-order valence-electron chi connectivity index (χ4n) is 2.17. The van der Waals surface area contributed by atoms with Crippen LogP contribution < -0.4 is 5.90 Å². The maximum atomic E-state index is 11.8. The predicted molar refractivity (Wildman–Crippen MR) is 80.2 cm³/mol. The van der Waals surface area contributed by atoms with Crippen LogP contribution in [0.25, 0.3) is 0 Å². The summed E-state index contributed by atoms with van der Waals surface area (Å²) < 4.78 is 26.5. The molecule has 0 amide bonds. The molecule has 22 heavy (non-hydrogen) atoms. The first-order chi connectivity index (χ1) is 10.2. The number of fused-ring (bicyclic) bond motifs is 1. The first kappa shape index (κ1) is 16.1. The topological polar surface area (TPSA) is 120 Å². The zero-order valence-electron chi connectivity index (χ0n) is 12.2. The third-order valence-corrected chi connectivity index (χ3v) is 3.54.